The van der Waals surface area contributed by atoms with E-state index in [4.69, 9.17) is 24.1 Å². The summed E-state index contributed by atoms with van der Waals surface area (Å²) in [7, 11) is 4.78. The smallest absolute Gasteiger partial charge is 0.306 e. The molecule has 0 bridgehead atoms. The highest BCUT2D eigenvalue weighted by molar-refractivity contribution is 5.71. The third-order valence-electron chi connectivity index (χ3n) is 6.34. The number of carboxylic acid groups (broad SMARTS) is 1. The molecule has 38 heavy (non-hydrogen) atoms. The van der Waals surface area contributed by atoms with Gasteiger partial charge in [0, 0.05) is 25.2 Å². The summed E-state index contributed by atoms with van der Waals surface area (Å²) in [4.78, 5) is 10.9. The van der Waals surface area contributed by atoms with Crippen molar-refractivity contribution in [2.75, 3.05) is 27.9 Å². The van der Waals surface area contributed by atoms with Crippen LogP contribution in [-0.2, 0) is 20.9 Å². The first-order chi connectivity index (χ1) is 18.1. The highest BCUT2D eigenvalue weighted by Crippen LogP contribution is 2.42. The summed E-state index contributed by atoms with van der Waals surface area (Å²) < 4.78 is 37.7. The Kier molecular flexibility index (Phi) is 9.85. The number of carbonyl (C=O) groups is 1. The maximum atomic E-state index is 15.0. The molecular weight excluding hydrogens is 491 g/mol. The summed E-state index contributed by atoms with van der Waals surface area (Å²) >= 11 is 0. The van der Waals surface area contributed by atoms with E-state index in [-0.39, 0.29) is 12.4 Å². The lowest BCUT2D eigenvalue weighted by atomic mass is 9.80. The standard InChI is InChI=1S/C30H35FO7/c1-30(2,18-35-3)29(37-5)25-13-19(9-11-23(25)24-15-21(36-4)10-12-26(24)31)17-38-22-8-6-7-20(14-22)27(32)16-28(33)34/h6-15,27,29,32H,16-18H2,1-5H3,(H,33,34)/t27-,29?/m1/s1. The van der Waals surface area contributed by atoms with Crippen LogP contribution in [0.25, 0.3) is 11.1 Å². The number of hydrogen-bond acceptors (Lipinski definition) is 6. The van der Waals surface area contributed by atoms with Crippen LogP contribution < -0.4 is 9.47 Å². The van der Waals surface area contributed by atoms with Crippen molar-refractivity contribution in [2.24, 2.45) is 5.41 Å². The van der Waals surface area contributed by atoms with Crippen molar-refractivity contribution < 1.29 is 38.3 Å². The molecule has 0 spiro atoms. The summed E-state index contributed by atoms with van der Waals surface area (Å²) in [6.45, 7) is 4.65. The second-order valence-corrected chi connectivity index (χ2v) is 9.78. The van der Waals surface area contributed by atoms with Gasteiger partial charge in [0.25, 0.3) is 0 Å². The molecular formula is C30H35FO7. The molecule has 0 saturated carbocycles. The fraction of sp³-hybridized carbons (Fsp3) is 0.367. The number of ether oxygens (including phenoxy) is 4. The average molecular weight is 527 g/mol. The number of aliphatic carboxylic acids is 1. The number of rotatable bonds is 13. The first-order valence-corrected chi connectivity index (χ1v) is 12.2. The van der Waals surface area contributed by atoms with Gasteiger partial charge in [0.05, 0.1) is 32.3 Å². The molecule has 8 heteroatoms. The van der Waals surface area contributed by atoms with E-state index < -0.39 is 30.0 Å². The van der Waals surface area contributed by atoms with E-state index in [9.17, 15) is 9.90 Å². The molecule has 1 unspecified atom stereocenters. The quantitative estimate of drug-likeness (QED) is 0.284. The van der Waals surface area contributed by atoms with E-state index in [1.54, 1.807) is 50.6 Å². The first-order valence-electron chi connectivity index (χ1n) is 12.2. The van der Waals surface area contributed by atoms with Crippen molar-refractivity contribution in [2.45, 2.75) is 39.1 Å². The zero-order chi connectivity index (χ0) is 27.9. The molecule has 3 aromatic carbocycles. The highest BCUT2D eigenvalue weighted by Gasteiger charge is 2.33. The molecule has 0 aliphatic heterocycles. The fourth-order valence-electron chi connectivity index (χ4n) is 4.58. The van der Waals surface area contributed by atoms with Gasteiger partial charge in [-0.25, -0.2) is 4.39 Å². The molecule has 2 atom stereocenters. The molecule has 0 saturated heterocycles. The van der Waals surface area contributed by atoms with Crippen molar-refractivity contribution >= 4 is 5.97 Å². The molecule has 2 N–H and O–H groups in total. The molecule has 7 nitrogen and oxygen atoms in total. The third kappa shape index (κ3) is 7.10. The van der Waals surface area contributed by atoms with Gasteiger partial charge in [-0.3, -0.25) is 4.79 Å². The maximum absolute atomic E-state index is 15.0. The van der Waals surface area contributed by atoms with Crippen LogP contribution in [0.3, 0.4) is 0 Å². The predicted molar refractivity (Wildman–Crippen MR) is 142 cm³/mol. The lowest BCUT2D eigenvalue weighted by molar-refractivity contribution is -0.139. The fourth-order valence-corrected chi connectivity index (χ4v) is 4.58. The number of aliphatic hydroxyl groups is 1. The minimum absolute atomic E-state index is 0.188. The zero-order valence-electron chi connectivity index (χ0n) is 22.4. The van der Waals surface area contributed by atoms with Gasteiger partial charge in [0.15, 0.2) is 0 Å². The van der Waals surface area contributed by atoms with Crippen molar-refractivity contribution in [3.8, 4) is 22.6 Å². The Morgan fingerprint density at radius 3 is 2.39 bits per heavy atom. The van der Waals surface area contributed by atoms with Crippen LogP contribution in [0.15, 0.2) is 60.7 Å². The molecule has 3 aromatic rings. The third-order valence-corrected chi connectivity index (χ3v) is 6.34. The van der Waals surface area contributed by atoms with Crippen LogP contribution >= 0.6 is 0 Å². The maximum Gasteiger partial charge on any atom is 0.306 e. The second kappa shape index (κ2) is 12.9. The molecule has 0 aromatic heterocycles. The van der Waals surface area contributed by atoms with Crippen molar-refractivity contribution in [3.05, 3.63) is 83.2 Å². The van der Waals surface area contributed by atoms with Gasteiger partial charge in [-0.1, -0.05) is 38.1 Å². The van der Waals surface area contributed by atoms with Gasteiger partial charge in [-0.15, -0.1) is 0 Å². The summed E-state index contributed by atoms with van der Waals surface area (Å²) in [5, 5.41) is 19.1. The number of carboxylic acids is 1. The van der Waals surface area contributed by atoms with Crippen LogP contribution in [0.1, 0.15) is 49.2 Å². The molecule has 204 valence electrons. The summed E-state index contributed by atoms with van der Waals surface area (Å²) in [6, 6.07) is 16.9. The number of aliphatic hydroxyl groups excluding tert-OH is 1. The average Bonchev–Trinajstić information content (AvgIpc) is 2.88. The van der Waals surface area contributed by atoms with Gasteiger partial charge >= 0.3 is 5.97 Å². The minimum atomic E-state index is -1.13. The summed E-state index contributed by atoms with van der Waals surface area (Å²) in [5.74, 6) is -0.450. The Morgan fingerprint density at radius 2 is 1.74 bits per heavy atom. The van der Waals surface area contributed by atoms with Gasteiger partial charge in [-0.2, -0.15) is 0 Å². The van der Waals surface area contributed by atoms with E-state index in [2.05, 4.69) is 0 Å². The first kappa shape index (κ1) is 29.1. The van der Waals surface area contributed by atoms with Gasteiger partial charge in [0.1, 0.15) is 23.9 Å². The molecule has 0 aliphatic rings. The number of hydrogen-bond donors (Lipinski definition) is 2. The normalized spacial score (nSPS) is 13.1. The molecule has 0 amide bonds. The largest absolute Gasteiger partial charge is 0.497 e. The summed E-state index contributed by atoms with van der Waals surface area (Å²) in [5.41, 5.74) is 2.66. The molecule has 3 rings (SSSR count). The summed E-state index contributed by atoms with van der Waals surface area (Å²) in [6.07, 6.45) is -1.97. The van der Waals surface area contributed by atoms with E-state index >= 15 is 4.39 Å². The van der Waals surface area contributed by atoms with Crippen molar-refractivity contribution in [3.63, 3.8) is 0 Å². The van der Waals surface area contributed by atoms with Gasteiger partial charge in [0.2, 0.25) is 0 Å². The second-order valence-electron chi connectivity index (χ2n) is 9.78. The Labute approximate surface area is 222 Å². The number of methoxy groups -OCH3 is 3. The Bertz CT molecular complexity index is 1240. The Morgan fingerprint density at radius 1 is 0.974 bits per heavy atom. The van der Waals surface area contributed by atoms with Crippen molar-refractivity contribution in [1.82, 2.24) is 0 Å². The SMILES string of the molecule is COCC(C)(C)C(OC)c1cc(COc2cccc([C@H](O)CC(=O)O)c2)ccc1-c1cc(OC)ccc1F. The van der Waals surface area contributed by atoms with Gasteiger partial charge < -0.3 is 29.2 Å². The lowest BCUT2D eigenvalue weighted by Crippen LogP contribution is -2.29. The lowest BCUT2D eigenvalue weighted by Gasteiger charge is -2.34. The van der Waals surface area contributed by atoms with Crippen LogP contribution in [0.4, 0.5) is 4.39 Å². The molecule has 0 heterocycles. The zero-order valence-corrected chi connectivity index (χ0v) is 22.4. The van der Waals surface area contributed by atoms with E-state index in [0.717, 1.165) is 11.1 Å². The minimum Gasteiger partial charge on any atom is -0.497 e. The predicted octanol–water partition coefficient (Wildman–Crippen LogP) is 5.95. The molecule has 0 radical (unpaired) electrons. The number of benzene rings is 3. The van der Waals surface area contributed by atoms with Crippen LogP contribution in [0.5, 0.6) is 11.5 Å². The highest BCUT2D eigenvalue weighted by atomic mass is 19.1. The van der Waals surface area contributed by atoms with Crippen molar-refractivity contribution in [1.29, 1.82) is 0 Å². The molecule has 0 fully saturated rings. The molecule has 0 aliphatic carbocycles. The van der Waals surface area contributed by atoms with E-state index in [0.29, 0.717) is 34.8 Å². The van der Waals surface area contributed by atoms with Gasteiger partial charge in [-0.05, 0) is 58.7 Å². The van der Waals surface area contributed by atoms with E-state index in [1.165, 1.54) is 13.2 Å². The topological polar surface area (TPSA) is 94.5 Å². The monoisotopic (exact) mass is 526 g/mol. The van der Waals surface area contributed by atoms with Crippen LogP contribution in [0.2, 0.25) is 0 Å². The Balaban J connectivity index is 1.99. The van der Waals surface area contributed by atoms with Crippen LogP contribution in [-0.4, -0.2) is 44.1 Å². The Hall–Kier alpha value is -3.46. The van der Waals surface area contributed by atoms with E-state index in [1.807, 2.05) is 32.0 Å². The number of halogens is 1. The van der Waals surface area contributed by atoms with Crippen LogP contribution in [0, 0.1) is 11.2 Å².